The molecule has 1 aliphatic carbocycles. The SMILES string of the molecule is Cc1ccc(NC(=O)CCNC(=O)C2CCCC2)cc1S(=O)(=O)N1CCCCCC1. The van der Waals surface area contributed by atoms with Crippen molar-refractivity contribution < 1.29 is 18.0 Å². The van der Waals surface area contributed by atoms with Gasteiger partial charge in [-0.25, -0.2) is 8.42 Å². The fourth-order valence-electron chi connectivity index (χ4n) is 4.23. The summed E-state index contributed by atoms with van der Waals surface area (Å²) in [5, 5.41) is 5.60. The van der Waals surface area contributed by atoms with Crippen LogP contribution in [0.25, 0.3) is 0 Å². The summed E-state index contributed by atoms with van der Waals surface area (Å²) in [7, 11) is -3.59. The van der Waals surface area contributed by atoms with Gasteiger partial charge < -0.3 is 10.6 Å². The van der Waals surface area contributed by atoms with Gasteiger partial charge in [0.05, 0.1) is 4.90 Å². The summed E-state index contributed by atoms with van der Waals surface area (Å²) in [6.45, 7) is 3.14. The van der Waals surface area contributed by atoms with Crippen LogP contribution in [0.1, 0.15) is 63.4 Å². The van der Waals surface area contributed by atoms with Crippen LogP contribution in [0.4, 0.5) is 5.69 Å². The number of rotatable bonds is 7. The van der Waals surface area contributed by atoms with Gasteiger partial charge in [-0.05, 0) is 50.3 Å². The molecule has 166 valence electrons. The number of carbonyl (C=O) groups is 2. The highest BCUT2D eigenvalue weighted by molar-refractivity contribution is 7.89. The number of carbonyl (C=O) groups excluding carboxylic acids is 2. The van der Waals surface area contributed by atoms with Crippen LogP contribution in [0.2, 0.25) is 0 Å². The fraction of sp³-hybridized carbons (Fsp3) is 0.636. The van der Waals surface area contributed by atoms with Crippen molar-refractivity contribution >= 4 is 27.5 Å². The molecule has 0 aromatic heterocycles. The van der Waals surface area contributed by atoms with E-state index in [-0.39, 0.29) is 35.6 Å². The Balaban J connectivity index is 1.58. The first-order chi connectivity index (χ1) is 14.4. The molecule has 8 heteroatoms. The second-order valence-electron chi connectivity index (χ2n) is 8.37. The average Bonchev–Trinajstić information content (AvgIpc) is 3.11. The molecule has 2 fully saturated rings. The molecule has 2 N–H and O–H groups in total. The van der Waals surface area contributed by atoms with Crippen LogP contribution in [-0.4, -0.2) is 44.2 Å². The lowest BCUT2D eigenvalue weighted by atomic mass is 10.1. The van der Waals surface area contributed by atoms with Gasteiger partial charge in [0.2, 0.25) is 21.8 Å². The summed E-state index contributed by atoms with van der Waals surface area (Å²) in [4.78, 5) is 24.6. The number of sulfonamides is 1. The zero-order chi connectivity index (χ0) is 21.6. The number of hydrogen-bond donors (Lipinski definition) is 2. The molecule has 2 amide bonds. The molecule has 30 heavy (non-hydrogen) atoms. The van der Waals surface area contributed by atoms with E-state index >= 15 is 0 Å². The maximum Gasteiger partial charge on any atom is 0.243 e. The minimum atomic E-state index is -3.59. The van der Waals surface area contributed by atoms with Gasteiger partial charge in [0, 0.05) is 37.7 Å². The zero-order valence-electron chi connectivity index (χ0n) is 17.8. The highest BCUT2D eigenvalue weighted by Crippen LogP contribution is 2.26. The van der Waals surface area contributed by atoms with E-state index in [4.69, 9.17) is 0 Å². The number of amides is 2. The maximum absolute atomic E-state index is 13.1. The Kier molecular flexibility index (Phi) is 7.88. The van der Waals surface area contributed by atoms with Crippen molar-refractivity contribution in [2.45, 2.75) is 69.6 Å². The molecule has 1 aliphatic heterocycles. The van der Waals surface area contributed by atoms with Crippen LogP contribution in [0, 0.1) is 12.8 Å². The molecule has 7 nitrogen and oxygen atoms in total. The Morgan fingerprint density at radius 1 is 1.03 bits per heavy atom. The van der Waals surface area contributed by atoms with Crippen molar-refractivity contribution in [3.8, 4) is 0 Å². The largest absolute Gasteiger partial charge is 0.355 e. The lowest BCUT2D eigenvalue weighted by molar-refractivity contribution is -0.124. The monoisotopic (exact) mass is 435 g/mol. The maximum atomic E-state index is 13.1. The molecule has 1 saturated heterocycles. The predicted octanol–water partition coefficient (Wildman–Crippen LogP) is 3.19. The van der Waals surface area contributed by atoms with E-state index in [0.717, 1.165) is 51.4 Å². The van der Waals surface area contributed by atoms with Crippen LogP contribution in [0.15, 0.2) is 23.1 Å². The Hall–Kier alpha value is -1.93. The summed E-state index contributed by atoms with van der Waals surface area (Å²) in [5.74, 6) is -0.137. The molecular weight excluding hydrogens is 402 g/mol. The number of hydrogen-bond acceptors (Lipinski definition) is 4. The first-order valence-corrected chi connectivity index (χ1v) is 12.5. The van der Waals surface area contributed by atoms with Crippen molar-refractivity contribution in [2.75, 3.05) is 25.0 Å². The van der Waals surface area contributed by atoms with Crippen molar-refractivity contribution in [1.82, 2.24) is 9.62 Å². The Morgan fingerprint density at radius 3 is 2.37 bits per heavy atom. The van der Waals surface area contributed by atoms with Gasteiger partial charge >= 0.3 is 0 Å². The van der Waals surface area contributed by atoms with Gasteiger partial charge in [-0.2, -0.15) is 4.31 Å². The lowest BCUT2D eigenvalue weighted by Crippen LogP contribution is -2.32. The van der Waals surface area contributed by atoms with Crippen LogP contribution < -0.4 is 10.6 Å². The molecule has 0 radical (unpaired) electrons. The van der Waals surface area contributed by atoms with Gasteiger partial charge in [0.25, 0.3) is 0 Å². The quantitative estimate of drug-likeness (QED) is 0.687. The standard InChI is InChI=1S/C22H33N3O4S/c1-17-10-11-19(16-20(17)30(28,29)25-14-6-2-3-7-15-25)24-21(26)12-13-23-22(27)18-8-4-5-9-18/h10-11,16,18H,2-9,12-15H2,1H3,(H,23,27)(H,24,26). The van der Waals surface area contributed by atoms with Crippen molar-refractivity contribution in [3.63, 3.8) is 0 Å². The molecule has 1 aromatic carbocycles. The predicted molar refractivity (Wildman–Crippen MR) is 117 cm³/mol. The fourth-order valence-corrected chi connectivity index (χ4v) is 6.00. The molecular formula is C22H33N3O4S. The summed E-state index contributed by atoms with van der Waals surface area (Å²) < 4.78 is 27.8. The normalized spacial score (nSPS) is 18.7. The van der Waals surface area contributed by atoms with E-state index in [1.165, 1.54) is 0 Å². The molecule has 0 atom stereocenters. The third kappa shape index (κ3) is 5.82. The summed E-state index contributed by atoms with van der Waals surface area (Å²) in [6, 6.07) is 4.98. The second-order valence-corrected chi connectivity index (χ2v) is 10.3. The number of anilines is 1. The van der Waals surface area contributed by atoms with E-state index in [2.05, 4.69) is 10.6 Å². The molecule has 2 aliphatic rings. The van der Waals surface area contributed by atoms with Crippen LogP contribution >= 0.6 is 0 Å². The number of aryl methyl sites for hydroxylation is 1. The van der Waals surface area contributed by atoms with Gasteiger partial charge in [-0.3, -0.25) is 9.59 Å². The molecule has 0 bridgehead atoms. The molecule has 1 heterocycles. The minimum Gasteiger partial charge on any atom is -0.355 e. The first kappa shape index (κ1) is 22.7. The van der Waals surface area contributed by atoms with Crippen molar-refractivity contribution in [3.05, 3.63) is 23.8 Å². The first-order valence-electron chi connectivity index (χ1n) is 11.1. The van der Waals surface area contributed by atoms with E-state index < -0.39 is 10.0 Å². The van der Waals surface area contributed by atoms with Gasteiger partial charge in [0.1, 0.15) is 0 Å². The van der Waals surface area contributed by atoms with Crippen LogP contribution in [-0.2, 0) is 19.6 Å². The Morgan fingerprint density at radius 2 is 1.70 bits per heavy atom. The van der Waals surface area contributed by atoms with Gasteiger partial charge in [0.15, 0.2) is 0 Å². The Labute approximate surface area is 179 Å². The lowest BCUT2D eigenvalue weighted by Gasteiger charge is -2.21. The molecule has 0 spiro atoms. The summed E-state index contributed by atoms with van der Waals surface area (Å²) in [6.07, 6.45) is 8.05. The van der Waals surface area contributed by atoms with E-state index in [9.17, 15) is 18.0 Å². The smallest absolute Gasteiger partial charge is 0.243 e. The topological polar surface area (TPSA) is 95.6 Å². The summed E-state index contributed by atoms with van der Waals surface area (Å²) >= 11 is 0. The van der Waals surface area contributed by atoms with E-state index in [0.29, 0.717) is 24.3 Å². The molecule has 3 rings (SSSR count). The number of nitrogens with one attached hydrogen (secondary N) is 2. The van der Waals surface area contributed by atoms with E-state index in [1.807, 2.05) is 0 Å². The van der Waals surface area contributed by atoms with Crippen molar-refractivity contribution in [2.24, 2.45) is 5.92 Å². The molecule has 1 saturated carbocycles. The van der Waals surface area contributed by atoms with Gasteiger partial charge in [-0.15, -0.1) is 0 Å². The number of benzene rings is 1. The van der Waals surface area contributed by atoms with E-state index in [1.54, 1.807) is 29.4 Å². The number of nitrogens with zero attached hydrogens (tertiary/aromatic N) is 1. The van der Waals surface area contributed by atoms with Crippen LogP contribution in [0.5, 0.6) is 0 Å². The zero-order valence-corrected chi connectivity index (χ0v) is 18.6. The second kappa shape index (κ2) is 10.4. The molecule has 0 unspecified atom stereocenters. The third-order valence-electron chi connectivity index (χ3n) is 6.03. The van der Waals surface area contributed by atoms with Crippen LogP contribution in [0.3, 0.4) is 0 Å². The summed E-state index contributed by atoms with van der Waals surface area (Å²) in [5.41, 5.74) is 1.13. The van der Waals surface area contributed by atoms with Gasteiger partial charge in [-0.1, -0.05) is 31.7 Å². The molecule has 1 aromatic rings. The Bertz CT molecular complexity index is 855. The third-order valence-corrected chi connectivity index (χ3v) is 8.07. The minimum absolute atomic E-state index is 0.0291. The van der Waals surface area contributed by atoms with Crippen molar-refractivity contribution in [1.29, 1.82) is 0 Å². The highest BCUT2D eigenvalue weighted by Gasteiger charge is 2.27. The average molecular weight is 436 g/mol. The highest BCUT2D eigenvalue weighted by atomic mass is 32.2.